The molecule has 2 aliphatic rings. The van der Waals surface area contributed by atoms with Crippen LogP contribution in [0.25, 0.3) is 0 Å². The molecule has 2 atom stereocenters. The van der Waals surface area contributed by atoms with Crippen molar-refractivity contribution in [1.29, 1.82) is 0 Å². The minimum absolute atomic E-state index is 0.999. The third-order valence-electron chi connectivity index (χ3n) is 4.82. The molecule has 0 amide bonds. The molecule has 0 radical (unpaired) electrons. The van der Waals surface area contributed by atoms with E-state index in [0.29, 0.717) is 0 Å². The van der Waals surface area contributed by atoms with Crippen LogP contribution in [-0.4, -0.2) is 25.0 Å². The monoisotopic (exact) mass is 278 g/mol. The van der Waals surface area contributed by atoms with Crippen molar-refractivity contribution >= 4 is 11.3 Å². The lowest BCUT2D eigenvalue weighted by Crippen LogP contribution is -2.41. The highest BCUT2D eigenvalue weighted by Gasteiger charge is 2.30. The van der Waals surface area contributed by atoms with Crippen LogP contribution in [0.15, 0.2) is 12.1 Å². The second-order valence-electron chi connectivity index (χ2n) is 6.23. The van der Waals surface area contributed by atoms with Crippen molar-refractivity contribution < 1.29 is 0 Å². The van der Waals surface area contributed by atoms with E-state index in [-0.39, 0.29) is 0 Å². The van der Waals surface area contributed by atoms with Gasteiger partial charge in [-0.25, -0.2) is 0 Å². The van der Waals surface area contributed by atoms with Crippen molar-refractivity contribution in [2.24, 2.45) is 11.8 Å². The maximum Gasteiger partial charge on any atom is 0.0328 e. The molecule has 0 bridgehead atoms. The highest BCUT2D eigenvalue weighted by atomic mass is 32.1. The number of hydrogen-bond donors (Lipinski definition) is 1. The predicted octanol–water partition coefficient (Wildman–Crippen LogP) is 3.48. The molecule has 2 unspecified atom stereocenters. The van der Waals surface area contributed by atoms with Crippen molar-refractivity contribution in [2.45, 2.75) is 45.2 Å². The van der Waals surface area contributed by atoms with Crippen molar-refractivity contribution in [1.82, 2.24) is 10.2 Å². The summed E-state index contributed by atoms with van der Waals surface area (Å²) < 4.78 is 0. The van der Waals surface area contributed by atoms with Gasteiger partial charge in [-0.05, 0) is 50.4 Å². The Morgan fingerprint density at radius 2 is 1.95 bits per heavy atom. The number of piperidine rings is 1. The molecule has 1 N–H and O–H groups in total. The van der Waals surface area contributed by atoms with Gasteiger partial charge in [-0.1, -0.05) is 19.3 Å². The van der Waals surface area contributed by atoms with Crippen molar-refractivity contribution in [3.63, 3.8) is 0 Å². The van der Waals surface area contributed by atoms with Crippen LogP contribution in [0.3, 0.4) is 0 Å². The molecule has 1 aliphatic carbocycles. The molecule has 0 spiro atoms. The van der Waals surface area contributed by atoms with E-state index in [4.69, 9.17) is 0 Å². The van der Waals surface area contributed by atoms with Crippen LogP contribution < -0.4 is 5.32 Å². The Morgan fingerprint density at radius 1 is 1.16 bits per heavy atom. The van der Waals surface area contributed by atoms with Gasteiger partial charge in [-0.3, -0.25) is 4.90 Å². The Kier molecular flexibility index (Phi) is 4.57. The Bertz CT molecular complexity index is 401. The zero-order valence-corrected chi connectivity index (χ0v) is 12.8. The molecule has 19 heavy (non-hydrogen) atoms. The minimum atomic E-state index is 0.999. The summed E-state index contributed by atoms with van der Waals surface area (Å²) in [5.41, 5.74) is 0. The van der Waals surface area contributed by atoms with E-state index in [9.17, 15) is 0 Å². The smallest absolute Gasteiger partial charge is 0.0328 e. The quantitative estimate of drug-likeness (QED) is 0.907. The van der Waals surface area contributed by atoms with Gasteiger partial charge in [0.1, 0.15) is 0 Å². The summed E-state index contributed by atoms with van der Waals surface area (Å²) in [5.74, 6) is 2.05. The standard InChI is InChI=1S/C16H26N2S/c1-17-10-15-6-7-16(19-15)12-18-9-8-13-4-2-3-5-14(13)11-18/h6-7,13-14,17H,2-5,8-12H2,1H3. The molecular weight excluding hydrogens is 252 g/mol. The van der Waals surface area contributed by atoms with Crippen LogP contribution in [0.4, 0.5) is 0 Å². The summed E-state index contributed by atoms with van der Waals surface area (Å²) in [7, 11) is 2.02. The number of fused-ring (bicyclic) bond motifs is 1. The first kappa shape index (κ1) is 13.6. The van der Waals surface area contributed by atoms with Crippen molar-refractivity contribution in [2.75, 3.05) is 20.1 Å². The van der Waals surface area contributed by atoms with E-state index in [1.807, 2.05) is 18.4 Å². The molecular formula is C16H26N2S. The second kappa shape index (κ2) is 6.38. The largest absolute Gasteiger partial charge is 0.315 e. The van der Waals surface area contributed by atoms with E-state index in [0.717, 1.165) is 18.4 Å². The summed E-state index contributed by atoms with van der Waals surface area (Å²) in [6, 6.07) is 4.61. The van der Waals surface area contributed by atoms with Gasteiger partial charge < -0.3 is 5.32 Å². The third kappa shape index (κ3) is 3.39. The predicted molar refractivity (Wildman–Crippen MR) is 82.4 cm³/mol. The summed E-state index contributed by atoms with van der Waals surface area (Å²) in [6.45, 7) is 4.86. The van der Waals surface area contributed by atoms with Gasteiger partial charge in [0.15, 0.2) is 0 Å². The van der Waals surface area contributed by atoms with Crippen LogP contribution in [-0.2, 0) is 13.1 Å². The normalized spacial score (nSPS) is 28.3. The van der Waals surface area contributed by atoms with Gasteiger partial charge in [0.2, 0.25) is 0 Å². The molecule has 106 valence electrons. The first-order chi connectivity index (χ1) is 9.35. The lowest BCUT2D eigenvalue weighted by Gasteiger charge is -2.41. The van der Waals surface area contributed by atoms with Crippen LogP contribution in [0.5, 0.6) is 0 Å². The van der Waals surface area contributed by atoms with Crippen LogP contribution >= 0.6 is 11.3 Å². The van der Waals surface area contributed by atoms with E-state index in [2.05, 4.69) is 22.3 Å². The summed E-state index contributed by atoms with van der Waals surface area (Å²) >= 11 is 1.98. The van der Waals surface area contributed by atoms with Crippen LogP contribution in [0, 0.1) is 11.8 Å². The number of nitrogens with zero attached hydrogens (tertiary/aromatic N) is 1. The van der Waals surface area contributed by atoms with Gasteiger partial charge >= 0.3 is 0 Å². The minimum Gasteiger partial charge on any atom is -0.315 e. The summed E-state index contributed by atoms with van der Waals surface area (Å²) in [5, 5.41) is 3.23. The van der Waals surface area contributed by atoms with E-state index in [1.165, 1.54) is 56.6 Å². The molecule has 1 aliphatic heterocycles. The number of likely N-dealkylation sites (tertiary alicyclic amines) is 1. The second-order valence-corrected chi connectivity index (χ2v) is 7.48. The lowest BCUT2D eigenvalue weighted by atomic mass is 9.75. The fourth-order valence-corrected chi connectivity index (χ4v) is 4.89. The molecule has 1 aromatic rings. The molecule has 1 aromatic heterocycles. The first-order valence-electron chi connectivity index (χ1n) is 7.79. The Morgan fingerprint density at radius 3 is 2.79 bits per heavy atom. The molecule has 1 saturated carbocycles. The average Bonchev–Trinajstić information content (AvgIpc) is 2.86. The zero-order valence-electron chi connectivity index (χ0n) is 12.0. The maximum atomic E-state index is 3.23. The van der Waals surface area contributed by atoms with E-state index < -0.39 is 0 Å². The van der Waals surface area contributed by atoms with Crippen LogP contribution in [0.2, 0.25) is 0 Å². The highest BCUT2D eigenvalue weighted by molar-refractivity contribution is 7.11. The van der Waals surface area contributed by atoms with Gasteiger partial charge in [-0.2, -0.15) is 0 Å². The Balaban J connectivity index is 1.54. The molecule has 2 nitrogen and oxygen atoms in total. The molecule has 2 fully saturated rings. The summed E-state index contributed by atoms with van der Waals surface area (Å²) in [4.78, 5) is 5.70. The summed E-state index contributed by atoms with van der Waals surface area (Å²) in [6.07, 6.45) is 7.39. The third-order valence-corrected chi connectivity index (χ3v) is 5.89. The number of thiophene rings is 1. The molecule has 3 heteroatoms. The van der Waals surface area contributed by atoms with Crippen molar-refractivity contribution in [3.05, 3.63) is 21.9 Å². The number of nitrogens with one attached hydrogen (secondary N) is 1. The zero-order chi connectivity index (χ0) is 13.1. The topological polar surface area (TPSA) is 15.3 Å². The first-order valence-corrected chi connectivity index (χ1v) is 8.61. The number of hydrogen-bond acceptors (Lipinski definition) is 3. The van der Waals surface area contributed by atoms with Crippen LogP contribution in [0.1, 0.15) is 41.9 Å². The fourth-order valence-electron chi connectivity index (χ4n) is 3.82. The van der Waals surface area contributed by atoms with E-state index in [1.54, 1.807) is 4.88 Å². The molecule has 1 saturated heterocycles. The molecule has 0 aromatic carbocycles. The molecule has 3 rings (SSSR count). The maximum absolute atomic E-state index is 3.23. The SMILES string of the molecule is CNCc1ccc(CN2CCC3CCCCC3C2)s1. The Hall–Kier alpha value is -0.380. The fraction of sp³-hybridized carbons (Fsp3) is 0.750. The van der Waals surface area contributed by atoms with Crippen molar-refractivity contribution in [3.8, 4) is 0 Å². The lowest BCUT2D eigenvalue weighted by molar-refractivity contribution is 0.0827. The molecule has 2 heterocycles. The van der Waals surface area contributed by atoms with E-state index >= 15 is 0 Å². The van der Waals surface area contributed by atoms with Gasteiger partial charge in [0, 0.05) is 29.4 Å². The van der Waals surface area contributed by atoms with Gasteiger partial charge in [-0.15, -0.1) is 11.3 Å². The van der Waals surface area contributed by atoms with Gasteiger partial charge in [0.25, 0.3) is 0 Å². The Labute approximate surface area is 121 Å². The average molecular weight is 278 g/mol. The number of rotatable bonds is 4. The highest BCUT2D eigenvalue weighted by Crippen LogP contribution is 2.36. The van der Waals surface area contributed by atoms with Gasteiger partial charge in [0.05, 0.1) is 0 Å².